The van der Waals surface area contributed by atoms with Crippen molar-refractivity contribution in [3.05, 3.63) is 109 Å². The predicted octanol–water partition coefficient (Wildman–Crippen LogP) is 5.12. The largest absolute Gasteiger partial charge is 0.870 e. The fourth-order valence-electron chi connectivity index (χ4n) is 3.05. The van der Waals surface area contributed by atoms with Crippen molar-refractivity contribution in [3.8, 4) is 28.1 Å². The molecule has 0 fully saturated rings. The first-order valence-electron chi connectivity index (χ1n) is 8.14. The molecule has 0 spiro atoms. The normalized spacial score (nSPS) is 10.1. The minimum Gasteiger partial charge on any atom is -0.870 e. The number of aromatic nitrogens is 1. The highest BCUT2D eigenvalue weighted by Crippen LogP contribution is 2.29. The van der Waals surface area contributed by atoms with E-state index in [1.165, 1.54) is 22.4 Å². The third-order valence-electron chi connectivity index (χ3n) is 4.16. The third-order valence-corrected chi connectivity index (χ3v) is 4.16. The van der Waals surface area contributed by atoms with Crippen LogP contribution in [0.5, 0.6) is 0 Å². The number of hydrogen-bond donors (Lipinski definition) is 0. The second-order valence-corrected chi connectivity index (χ2v) is 5.71. The van der Waals surface area contributed by atoms with E-state index in [0.717, 1.165) is 5.69 Å². The quantitative estimate of drug-likeness (QED) is 0.481. The summed E-state index contributed by atoms with van der Waals surface area (Å²) in [4.78, 5) is 0. The van der Waals surface area contributed by atoms with E-state index in [0.29, 0.717) is 0 Å². The molecule has 0 atom stereocenters. The van der Waals surface area contributed by atoms with Crippen LogP contribution in [-0.4, -0.2) is 5.48 Å². The van der Waals surface area contributed by atoms with E-state index in [2.05, 4.69) is 108 Å². The van der Waals surface area contributed by atoms with Crippen LogP contribution in [0.2, 0.25) is 0 Å². The molecule has 1 N–H and O–H groups in total. The molecule has 1 aromatic heterocycles. The van der Waals surface area contributed by atoms with Crippen LogP contribution in [0.15, 0.2) is 109 Å². The van der Waals surface area contributed by atoms with Gasteiger partial charge in [0.15, 0.2) is 6.20 Å². The van der Waals surface area contributed by atoms with Gasteiger partial charge in [-0.1, -0.05) is 66.7 Å². The molecule has 25 heavy (non-hydrogen) atoms. The predicted molar refractivity (Wildman–Crippen MR) is 101 cm³/mol. The lowest BCUT2D eigenvalue weighted by molar-refractivity contribution is -0.583. The van der Waals surface area contributed by atoms with Gasteiger partial charge in [-0.25, -0.2) is 0 Å². The minimum atomic E-state index is 0. The number of nitrogens with zero attached hydrogens (tertiary/aromatic N) is 1. The Morgan fingerprint density at radius 3 is 1.60 bits per heavy atom. The van der Waals surface area contributed by atoms with Crippen molar-refractivity contribution >= 4 is 0 Å². The van der Waals surface area contributed by atoms with Gasteiger partial charge < -0.3 is 5.48 Å². The van der Waals surface area contributed by atoms with Crippen LogP contribution in [0.1, 0.15) is 0 Å². The van der Waals surface area contributed by atoms with Crippen LogP contribution in [0, 0.1) is 0 Å². The van der Waals surface area contributed by atoms with Crippen molar-refractivity contribution in [2.24, 2.45) is 0 Å². The SMILES string of the molecule is [OH-].c1ccc(-c2ccc[n+](-c3ccccc3)c2-c2ccccc2)cc1. The van der Waals surface area contributed by atoms with Gasteiger partial charge in [0.1, 0.15) is 0 Å². The van der Waals surface area contributed by atoms with E-state index in [-0.39, 0.29) is 5.48 Å². The Balaban J connectivity index is 0.00000182. The molecule has 0 aliphatic rings. The topological polar surface area (TPSA) is 33.9 Å². The van der Waals surface area contributed by atoms with Gasteiger partial charge in [0.2, 0.25) is 11.4 Å². The molecule has 0 bridgehead atoms. The summed E-state index contributed by atoms with van der Waals surface area (Å²) in [6.07, 6.45) is 2.13. The van der Waals surface area contributed by atoms with Crippen LogP contribution in [-0.2, 0) is 0 Å². The molecule has 0 unspecified atom stereocenters. The summed E-state index contributed by atoms with van der Waals surface area (Å²) in [5.41, 5.74) is 6.03. The summed E-state index contributed by atoms with van der Waals surface area (Å²) in [6.45, 7) is 0. The summed E-state index contributed by atoms with van der Waals surface area (Å²) < 4.78 is 2.26. The van der Waals surface area contributed by atoms with Crippen LogP contribution >= 0.6 is 0 Å². The molecule has 2 heteroatoms. The molecule has 0 radical (unpaired) electrons. The zero-order valence-corrected chi connectivity index (χ0v) is 13.8. The van der Waals surface area contributed by atoms with Crippen LogP contribution in [0.3, 0.4) is 0 Å². The van der Waals surface area contributed by atoms with Gasteiger partial charge in [-0.15, -0.1) is 0 Å². The lowest BCUT2D eigenvalue weighted by Crippen LogP contribution is -2.33. The zero-order chi connectivity index (χ0) is 16.2. The number of benzene rings is 3. The fraction of sp³-hybridized carbons (Fsp3) is 0. The molecule has 2 nitrogen and oxygen atoms in total. The second kappa shape index (κ2) is 7.56. The average Bonchev–Trinajstić information content (AvgIpc) is 2.69. The summed E-state index contributed by atoms with van der Waals surface area (Å²) >= 11 is 0. The first-order chi connectivity index (χ1) is 11.9. The molecule has 0 aliphatic carbocycles. The fourth-order valence-corrected chi connectivity index (χ4v) is 3.05. The van der Waals surface area contributed by atoms with Gasteiger partial charge in [0.25, 0.3) is 0 Å². The maximum atomic E-state index is 2.26. The molecule has 3 aromatic carbocycles. The van der Waals surface area contributed by atoms with E-state index >= 15 is 0 Å². The summed E-state index contributed by atoms with van der Waals surface area (Å²) in [5.74, 6) is 0. The summed E-state index contributed by atoms with van der Waals surface area (Å²) in [6, 6.07) is 35.9. The van der Waals surface area contributed by atoms with Crippen LogP contribution < -0.4 is 4.57 Å². The highest BCUT2D eigenvalue weighted by atomic mass is 16.0. The van der Waals surface area contributed by atoms with Gasteiger partial charge in [-0.3, -0.25) is 0 Å². The molecule has 122 valence electrons. The Morgan fingerprint density at radius 1 is 0.480 bits per heavy atom. The molecule has 4 aromatic rings. The van der Waals surface area contributed by atoms with Gasteiger partial charge in [-0.05, 0) is 23.8 Å². The van der Waals surface area contributed by atoms with Crippen LogP contribution in [0.25, 0.3) is 28.1 Å². The second-order valence-electron chi connectivity index (χ2n) is 5.71. The van der Waals surface area contributed by atoms with Crippen molar-refractivity contribution in [2.45, 2.75) is 0 Å². The molecule has 0 saturated carbocycles. The van der Waals surface area contributed by atoms with Gasteiger partial charge >= 0.3 is 0 Å². The minimum absolute atomic E-state index is 0. The first-order valence-corrected chi connectivity index (χ1v) is 8.14. The summed E-state index contributed by atoms with van der Waals surface area (Å²) in [5, 5.41) is 0. The zero-order valence-electron chi connectivity index (χ0n) is 13.8. The van der Waals surface area contributed by atoms with Crippen molar-refractivity contribution in [1.82, 2.24) is 0 Å². The highest BCUT2D eigenvalue weighted by Gasteiger charge is 2.20. The Labute approximate surface area is 148 Å². The number of rotatable bonds is 3. The van der Waals surface area contributed by atoms with Crippen molar-refractivity contribution in [2.75, 3.05) is 0 Å². The molecule has 0 saturated heterocycles. The van der Waals surface area contributed by atoms with E-state index in [4.69, 9.17) is 0 Å². The molecule has 0 amide bonds. The average molecular weight is 325 g/mol. The van der Waals surface area contributed by atoms with Crippen molar-refractivity contribution in [3.63, 3.8) is 0 Å². The number of para-hydroxylation sites is 1. The smallest absolute Gasteiger partial charge is 0.226 e. The maximum absolute atomic E-state index is 2.26. The third kappa shape index (κ3) is 3.35. The maximum Gasteiger partial charge on any atom is 0.226 e. The Kier molecular flexibility index (Phi) is 5.03. The van der Waals surface area contributed by atoms with Gasteiger partial charge in [0.05, 0.1) is 5.56 Å². The van der Waals surface area contributed by atoms with Gasteiger partial charge in [-0.2, -0.15) is 4.57 Å². The van der Waals surface area contributed by atoms with Crippen molar-refractivity contribution < 1.29 is 10.0 Å². The molecule has 4 rings (SSSR count). The van der Waals surface area contributed by atoms with E-state index < -0.39 is 0 Å². The van der Waals surface area contributed by atoms with Crippen LogP contribution in [0.4, 0.5) is 0 Å². The Morgan fingerprint density at radius 2 is 1.00 bits per heavy atom. The molecule has 0 aliphatic heterocycles. The highest BCUT2D eigenvalue weighted by molar-refractivity contribution is 5.78. The molecular formula is C23H19NO. The van der Waals surface area contributed by atoms with Gasteiger partial charge in [0, 0.05) is 23.8 Å². The lowest BCUT2D eigenvalue weighted by atomic mass is 9.98. The Bertz CT molecular complexity index is 878. The van der Waals surface area contributed by atoms with E-state index in [1.54, 1.807) is 0 Å². The summed E-state index contributed by atoms with van der Waals surface area (Å²) in [7, 11) is 0. The van der Waals surface area contributed by atoms with E-state index in [1.807, 2.05) is 6.07 Å². The first kappa shape index (κ1) is 16.6. The standard InChI is InChI=1S/C23H18N.H2O/c1-4-11-19(12-5-1)22-17-10-18-24(21-15-8-3-9-16-21)23(22)20-13-6-2-7-14-20;/h1-18H;1H2/q+1;/p-1. The monoisotopic (exact) mass is 325 g/mol. The van der Waals surface area contributed by atoms with Crippen molar-refractivity contribution in [1.29, 1.82) is 0 Å². The Hall–Kier alpha value is -3.23. The lowest BCUT2D eigenvalue weighted by Gasteiger charge is -2.09. The molecular weight excluding hydrogens is 306 g/mol. The number of pyridine rings is 1. The van der Waals surface area contributed by atoms with E-state index in [9.17, 15) is 0 Å². The molecule has 1 heterocycles. The number of hydrogen-bond acceptors (Lipinski definition) is 1.